The van der Waals surface area contributed by atoms with E-state index in [1.54, 1.807) is 43.5 Å². The summed E-state index contributed by atoms with van der Waals surface area (Å²) in [6.45, 7) is 0.146. The minimum Gasteiger partial charge on any atom is -0.497 e. The third kappa shape index (κ3) is 6.09. The number of amides is 1. The van der Waals surface area contributed by atoms with Crippen molar-refractivity contribution >= 4 is 23.5 Å². The molecular weight excluding hydrogens is 402 g/mol. The van der Waals surface area contributed by atoms with Crippen molar-refractivity contribution < 1.29 is 19.1 Å². The maximum atomic E-state index is 12.8. The maximum Gasteiger partial charge on any atom is 0.407 e. The summed E-state index contributed by atoms with van der Waals surface area (Å²) >= 11 is 5.90. The van der Waals surface area contributed by atoms with E-state index in [4.69, 9.17) is 21.1 Å². The van der Waals surface area contributed by atoms with Gasteiger partial charge in [0.15, 0.2) is 5.78 Å². The number of ether oxygens (including phenoxy) is 2. The quantitative estimate of drug-likeness (QED) is 0.480. The summed E-state index contributed by atoms with van der Waals surface area (Å²) in [6.07, 6.45) is -0.516. The lowest BCUT2D eigenvalue weighted by atomic mass is 9.98. The Hall–Kier alpha value is -3.31. The third-order valence-corrected chi connectivity index (χ3v) is 4.83. The molecule has 0 aliphatic rings. The Morgan fingerprint density at radius 2 is 1.60 bits per heavy atom. The predicted molar refractivity (Wildman–Crippen MR) is 116 cm³/mol. The van der Waals surface area contributed by atoms with Gasteiger partial charge < -0.3 is 14.8 Å². The molecule has 30 heavy (non-hydrogen) atoms. The third-order valence-electron chi connectivity index (χ3n) is 4.58. The number of alkyl carbamates (subject to hydrolysis) is 1. The molecule has 154 valence electrons. The lowest BCUT2D eigenvalue weighted by Gasteiger charge is -2.19. The van der Waals surface area contributed by atoms with Crippen molar-refractivity contribution in [2.45, 2.75) is 19.1 Å². The fraction of sp³-hybridized carbons (Fsp3) is 0.167. The largest absolute Gasteiger partial charge is 0.497 e. The predicted octanol–water partition coefficient (Wildman–Crippen LogP) is 5.59. The lowest BCUT2D eigenvalue weighted by Crippen LogP contribution is -2.30. The van der Waals surface area contributed by atoms with Gasteiger partial charge in [-0.15, -0.1) is 0 Å². The van der Waals surface area contributed by atoms with Gasteiger partial charge in [0.25, 0.3) is 0 Å². The molecule has 1 atom stereocenters. The highest BCUT2D eigenvalue weighted by Gasteiger charge is 2.20. The van der Waals surface area contributed by atoms with E-state index in [0.29, 0.717) is 16.3 Å². The van der Waals surface area contributed by atoms with Gasteiger partial charge in [-0.2, -0.15) is 0 Å². The average molecular weight is 424 g/mol. The maximum absolute atomic E-state index is 12.8. The summed E-state index contributed by atoms with van der Waals surface area (Å²) < 4.78 is 10.5. The smallest absolute Gasteiger partial charge is 0.407 e. The molecule has 0 aliphatic carbocycles. The van der Waals surface area contributed by atoms with Crippen LogP contribution < -0.4 is 10.1 Å². The minimum atomic E-state index is -0.594. The Bertz CT molecular complexity index is 972. The van der Waals surface area contributed by atoms with Crippen molar-refractivity contribution in [3.8, 4) is 5.75 Å². The number of ketones is 1. The number of rotatable bonds is 8. The van der Waals surface area contributed by atoms with Gasteiger partial charge >= 0.3 is 6.09 Å². The van der Waals surface area contributed by atoms with E-state index in [9.17, 15) is 9.59 Å². The van der Waals surface area contributed by atoms with Crippen molar-refractivity contribution in [2.75, 3.05) is 7.11 Å². The van der Waals surface area contributed by atoms with E-state index in [1.165, 1.54) is 0 Å². The first-order chi connectivity index (χ1) is 14.5. The molecule has 0 bridgehead atoms. The topological polar surface area (TPSA) is 64.6 Å². The normalized spacial score (nSPS) is 11.4. The number of carbonyl (C=O) groups excluding carboxylic acids is 2. The van der Waals surface area contributed by atoms with E-state index < -0.39 is 12.1 Å². The van der Waals surface area contributed by atoms with E-state index in [2.05, 4.69) is 5.32 Å². The second-order valence-electron chi connectivity index (χ2n) is 6.67. The van der Waals surface area contributed by atoms with Gasteiger partial charge in [-0.1, -0.05) is 54.1 Å². The highest BCUT2D eigenvalue weighted by atomic mass is 35.5. The molecule has 3 aromatic carbocycles. The highest BCUT2D eigenvalue weighted by Crippen LogP contribution is 2.23. The minimum absolute atomic E-state index is 0.0778. The molecule has 3 aromatic rings. The molecular formula is C24H22ClNO4. The van der Waals surface area contributed by atoms with Crippen LogP contribution in [-0.4, -0.2) is 19.0 Å². The highest BCUT2D eigenvalue weighted by molar-refractivity contribution is 6.30. The Labute approximate surface area is 180 Å². The zero-order valence-electron chi connectivity index (χ0n) is 16.5. The summed E-state index contributed by atoms with van der Waals surface area (Å²) in [5, 5.41) is 3.36. The molecule has 6 heteroatoms. The van der Waals surface area contributed by atoms with Gasteiger partial charge in [0.1, 0.15) is 12.4 Å². The van der Waals surface area contributed by atoms with Crippen molar-refractivity contribution in [3.63, 3.8) is 0 Å². The molecule has 0 spiro atoms. The van der Waals surface area contributed by atoms with E-state index in [-0.39, 0.29) is 18.8 Å². The molecule has 0 radical (unpaired) electrons. The van der Waals surface area contributed by atoms with Crippen LogP contribution in [0, 0.1) is 0 Å². The summed E-state index contributed by atoms with van der Waals surface area (Å²) in [5.74, 6) is 0.573. The van der Waals surface area contributed by atoms with Crippen LogP contribution in [0.15, 0.2) is 78.9 Å². The summed E-state index contributed by atoms with van der Waals surface area (Å²) in [4.78, 5) is 25.2. The van der Waals surface area contributed by atoms with Crippen LogP contribution in [0.5, 0.6) is 5.75 Å². The van der Waals surface area contributed by atoms with Gasteiger partial charge in [0.2, 0.25) is 0 Å². The van der Waals surface area contributed by atoms with Gasteiger partial charge in [-0.3, -0.25) is 4.79 Å². The lowest BCUT2D eigenvalue weighted by molar-refractivity contribution is 0.0963. The Balaban J connectivity index is 1.71. The van der Waals surface area contributed by atoms with Crippen LogP contribution in [0.4, 0.5) is 4.79 Å². The number of nitrogens with one attached hydrogen (secondary N) is 1. The number of hydrogen-bond acceptors (Lipinski definition) is 4. The van der Waals surface area contributed by atoms with Gasteiger partial charge in [0, 0.05) is 17.0 Å². The van der Waals surface area contributed by atoms with Crippen molar-refractivity contribution in [2.24, 2.45) is 0 Å². The zero-order chi connectivity index (χ0) is 21.3. The molecule has 0 heterocycles. The molecule has 0 aromatic heterocycles. The average Bonchev–Trinajstić information content (AvgIpc) is 2.78. The fourth-order valence-corrected chi connectivity index (χ4v) is 3.06. The van der Waals surface area contributed by atoms with Crippen LogP contribution in [0.2, 0.25) is 5.02 Å². The molecule has 5 nitrogen and oxygen atoms in total. The number of Topliss-reactive ketones (excluding diaryl/α,β-unsaturated/α-hetero) is 1. The van der Waals surface area contributed by atoms with Crippen molar-refractivity contribution in [1.82, 2.24) is 5.32 Å². The van der Waals surface area contributed by atoms with Gasteiger partial charge in [0.05, 0.1) is 13.2 Å². The number of hydrogen-bond donors (Lipinski definition) is 1. The van der Waals surface area contributed by atoms with Crippen LogP contribution in [-0.2, 0) is 11.3 Å². The molecule has 0 saturated carbocycles. The van der Waals surface area contributed by atoms with Crippen LogP contribution in [0.25, 0.3) is 0 Å². The molecule has 0 saturated heterocycles. The number of methoxy groups -OCH3 is 1. The molecule has 0 fully saturated rings. The molecule has 3 rings (SSSR count). The Morgan fingerprint density at radius 3 is 2.23 bits per heavy atom. The number of benzene rings is 3. The van der Waals surface area contributed by atoms with Crippen LogP contribution in [0.3, 0.4) is 0 Å². The summed E-state index contributed by atoms with van der Waals surface area (Å²) in [6, 6.07) is 22.7. The second kappa shape index (κ2) is 10.5. The van der Waals surface area contributed by atoms with E-state index >= 15 is 0 Å². The number of carbonyl (C=O) groups is 2. The summed E-state index contributed by atoms with van der Waals surface area (Å²) in [7, 11) is 1.58. The number of halogens is 1. The van der Waals surface area contributed by atoms with Gasteiger partial charge in [-0.05, 0) is 47.5 Å². The first kappa shape index (κ1) is 21.4. The van der Waals surface area contributed by atoms with Gasteiger partial charge in [-0.25, -0.2) is 4.79 Å². The second-order valence-corrected chi connectivity index (χ2v) is 7.10. The van der Waals surface area contributed by atoms with E-state index in [0.717, 1.165) is 11.1 Å². The summed E-state index contributed by atoms with van der Waals surface area (Å²) in [5.41, 5.74) is 2.18. The van der Waals surface area contributed by atoms with Crippen LogP contribution in [0.1, 0.15) is 33.9 Å². The fourth-order valence-electron chi connectivity index (χ4n) is 2.93. The first-order valence-electron chi connectivity index (χ1n) is 9.45. The SMILES string of the molecule is COc1ccc(C(CC(=O)c2ccc(Cl)cc2)NC(=O)OCc2ccccc2)cc1. The van der Waals surface area contributed by atoms with Crippen molar-refractivity contribution in [1.29, 1.82) is 0 Å². The molecule has 0 aliphatic heterocycles. The monoisotopic (exact) mass is 423 g/mol. The Morgan fingerprint density at radius 1 is 0.933 bits per heavy atom. The van der Waals surface area contributed by atoms with E-state index in [1.807, 2.05) is 42.5 Å². The molecule has 1 amide bonds. The first-order valence-corrected chi connectivity index (χ1v) is 9.83. The van der Waals surface area contributed by atoms with Crippen molar-refractivity contribution in [3.05, 3.63) is 101 Å². The molecule has 1 N–H and O–H groups in total. The molecule has 1 unspecified atom stereocenters. The Kier molecular flexibility index (Phi) is 7.46. The standard InChI is InChI=1S/C24H22ClNO4/c1-29-21-13-9-18(10-14-21)22(15-23(27)19-7-11-20(25)12-8-19)26-24(28)30-16-17-5-3-2-4-6-17/h2-14,22H,15-16H2,1H3,(H,26,28). The zero-order valence-corrected chi connectivity index (χ0v) is 17.3. The van der Waals surface area contributed by atoms with Crippen LogP contribution >= 0.6 is 11.6 Å².